The van der Waals surface area contributed by atoms with Crippen LogP contribution in [0.15, 0.2) is 18.2 Å². The fourth-order valence-corrected chi connectivity index (χ4v) is 4.17. The highest BCUT2D eigenvalue weighted by Gasteiger charge is 2.27. The molecule has 0 unspecified atom stereocenters. The van der Waals surface area contributed by atoms with Gasteiger partial charge in [-0.2, -0.15) is 0 Å². The van der Waals surface area contributed by atoms with Crippen LogP contribution in [-0.4, -0.2) is 55.2 Å². The Hall–Kier alpha value is -2.00. The molecule has 1 aromatic carbocycles. The number of hydrogen-bond acceptors (Lipinski definition) is 4. The summed E-state index contributed by atoms with van der Waals surface area (Å²) in [5.74, 6) is -2.61. The first-order valence-electron chi connectivity index (χ1n) is 8.05. The standard InChI is InChI=1S/C16H21FN2O5S/c1-2-9-25(23,24)18-12-5-7-19(8-6-12)15(20)13-4-3-11(16(21)22)10-14(13)17/h3-4,10,12,18H,2,5-9H2,1H3,(H,21,22). The van der Waals surface area contributed by atoms with Crippen LogP contribution < -0.4 is 4.72 Å². The summed E-state index contributed by atoms with van der Waals surface area (Å²) in [6.45, 7) is 2.39. The molecule has 1 aliphatic rings. The molecule has 1 aromatic rings. The van der Waals surface area contributed by atoms with Gasteiger partial charge in [-0.1, -0.05) is 6.92 Å². The topological polar surface area (TPSA) is 104 Å². The Bertz CT molecular complexity index is 758. The van der Waals surface area contributed by atoms with Crippen LogP contribution in [0.25, 0.3) is 0 Å². The number of carbonyl (C=O) groups is 2. The van der Waals surface area contributed by atoms with E-state index in [1.807, 2.05) is 0 Å². The average molecular weight is 372 g/mol. The van der Waals surface area contributed by atoms with Crippen molar-refractivity contribution in [3.8, 4) is 0 Å². The molecular formula is C16H21FN2O5S. The molecule has 0 spiro atoms. The molecule has 0 aromatic heterocycles. The van der Waals surface area contributed by atoms with Crippen molar-refractivity contribution in [2.75, 3.05) is 18.8 Å². The molecule has 0 bridgehead atoms. The Morgan fingerprint density at radius 2 is 1.96 bits per heavy atom. The summed E-state index contributed by atoms with van der Waals surface area (Å²) in [5, 5.41) is 8.83. The minimum Gasteiger partial charge on any atom is -0.478 e. The number of rotatable bonds is 6. The second-order valence-corrected chi connectivity index (χ2v) is 7.88. The third kappa shape index (κ3) is 4.99. The van der Waals surface area contributed by atoms with Crippen LogP contribution in [0.3, 0.4) is 0 Å². The molecule has 0 aliphatic carbocycles. The SMILES string of the molecule is CCCS(=O)(=O)NC1CCN(C(=O)c2ccc(C(=O)O)cc2F)CC1. The summed E-state index contributed by atoms with van der Waals surface area (Å²) in [7, 11) is -3.31. The first-order chi connectivity index (χ1) is 11.7. The van der Waals surface area contributed by atoms with E-state index in [0.29, 0.717) is 32.4 Å². The molecule has 0 saturated carbocycles. The maximum absolute atomic E-state index is 14.0. The summed E-state index contributed by atoms with van der Waals surface area (Å²) >= 11 is 0. The molecule has 7 nitrogen and oxygen atoms in total. The van der Waals surface area contributed by atoms with Gasteiger partial charge in [-0.3, -0.25) is 4.79 Å². The van der Waals surface area contributed by atoms with Gasteiger partial charge in [0, 0.05) is 19.1 Å². The van der Waals surface area contributed by atoms with Crippen LogP contribution in [0.4, 0.5) is 4.39 Å². The van der Waals surface area contributed by atoms with Crippen molar-refractivity contribution in [2.45, 2.75) is 32.2 Å². The van der Waals surface area contributed by atoms with Crippen molar-refractivity contribution >= 4 is 21.9 Å². The van der Waals surface area contributed by atoms with E-state index in [2.05, 4.69) is 4.72 Å². The van der Waals surface area contributed by atoms with Crippen molar-refractivity contribution in [3.05, 3.63) is 35.1 Å². The zero-order valence-electron chi connectivity index (χ0n) is 13.9. The minimum absolute atomic E-state index is 0.0628. The van der Waals surface area contributed by atoms with Crippen molar-refractivity contribution in [2.24, 2.45) is 0 Å². The van der Waals surface area contributed by atoms with E-state index in [1.165, 1.54) is 11.0 Å². The molecule has 1 aliphatic heterocycles. The van der Waals surface area contributed by atoms with E-state index in [9.17, 15) is 22.4 Å². The van der Waals surface area contributed by atoms with Crippen LogP contribution in [0, 0.1) is 5.82 Å². The zero-order chi connectivity index (χ0) is 18.6. The third-order valence-corrected chi connectivity index (χ3v) is 5.69. The van der Waals surface area contributed by atoms with Crippen LogP contribution in [0.1, 0.15) is 46.9 Å². The van der Waals surface area contributed by atoms with Crippen molar-refractivity contribution < 1.29 is 27.5 Å². The predicted octanol–water partition coefficient (Wildman–Crippen LogP) is 1.46. The van der Waals surface area contributed by atoms with E-state index >= 15 is 0 Å². The van der Waals surface area contributed by atoms with Crippen molar-refractivity contribution in [1.82, 2.24) is 9.62 Å². The van der Waals surface area contributed by atoms with Crippen LogP contribution >= 0.6 is 0 Å². The summed E-state index contributed by atoms with van der Waals surface area (Å²) in [5.41, 5.74) is -0.409. The smallest absolute Gasteiger partial charge is 0.335 e. The Morgan fingerprint density at radius 3 is 2.48 bits per heavy atom. The number of likely N-dealkylation sites (tertiary alicyclic amines) is 1. The minimum atomic E-state index is -3.31. The molecule has 1 fully saturated rings. The van der Waals surface area contributed by atoms with Crippen LogP contribution in [-0.2, 0) is 10.0 Å². The summed E-state index contributed by atoms with van der Waals surface area (Å²) < 4.78 is 40.2. The van der Waals surface area contributed by atoms with Crippen LogP contribution in [0.5, 0.6) is 0 Å². The van der Waals surface area contributed by atoms with E-state index in [-0.39, 0.29) is 22.9 Å². The number of carbonyl (C=O) groups excluding carboxylic acids is 1. The number of piperidine rings is 1. The summed E-state index contributed by atoms with van der Waals surface area (Å²) in [6, 6.07) is 2.93. The Kier molecular flexibility index (Phi) is 6.12. The van der Waals surface area contributed by atoms with E-state index in [1.54, 1.807) is 6.92 Å². The Morgan fingerprint density at radius 1 is 1.32 bits per heavy atom. The monoisotopic (exact) mass is 372 g/mol. The maximum atomic E-state index is 14.0. The lowest BCUT2D eigenvalue weighted by Crippen LogP contribution is -2.47. The van der Waals surface area contributed by atoms with Crippen LogP contribution in [0.2, 0.25) is 0 Å². The van der Waals surface area contributed by atoms with E-state index in [4.69, 9.17) is 5.11 Å². The number of aromatic carboxylic acids is 1. The lowest BCUT2D eigenvalue weighted by atomic mass is 10.0. The molecule has 1 saturated heterocycles. The molecule has 1 heterocycles. The molecule has 138 valence electrons. The Balaban J connectivity index is 1.99. The van der Waals surface area contributed by atoms with Gasteiger partial charge in [-0.15, -0.1) is 0 Å². The normalized spacial score (nSPS) is 16.0. The first kappa shape index (κ1) is 19.3. The average Bonchev–Trinajstić information content (AvgIpc) is 2.54. The second kappa shape index (κ2) is 7.92. The molecule has 1 amide bonds. The van der Waals surface area contributed by atoms with Crippen molar-refractivity contribution in [1.29, 1.82) is 0 Å². The van der Waals surface area contributed by atoms with Gasteiger partial charge in [-0.05, 0) is 37.5 Å². The highest BCUT2D eigenvalue weighted by molar-refractivity contribution is 7.89. The number of sulfonamides is 1. The fourth-order valence-electron chi connectivity index (χ4n) is 2.77. The maximum Gasteiger partial charge on any atom is 0.335 e. The van der Waals surface area contributed by atoms with Gasteiger partial charge in [0.2, 0.25) is 10.0 Å². The lowest BCUT2D eigenvalue weighted by Gasteiger charge is -2.32. The van der Waals surface area contributed by atoms with Gasteiger partial charge >= 0.3 is 5.97 Å². The number of carboxylic acids is 1. The van der Waals surface area contributed by atoms with Gasteiger partial charge < -0.3 is 10.0 Å². The number of halogens is 1. The molecule has 2 rings (SSSR count). The molecular weight excluding hydrogens is 351 g/mol. The highest BCUT2D eigenvalue weighted by atomic mass is 32.2. The zero-order valence-corrected chi connectivity index (χ0v) is 14.7. The van der Waals surface area contributed by atoms with E-state index < -0.39 is 27.7 Å². The number of carboxylic acid groups (broad SMARTS) is 1. The molecule has 2 N–H and O–H groups in total. The number of hydrogen-bond donors (Lipinski definition) is 2. The molecule has 0 radical (unpaired) electrons. The van der Waals surface area contributed by atoms with Gasteiger partial charge in [-0.25, -0.2) is 22.3 Å². The number of nitrogens with zero attached hydrogens (tertiary/aromatic N) is 1. The number of amides is 1. The molecule has 0 atom stereocenters. The summed E-state index contributed by atoms with van der Waals surface area (Å²) in [4.78, 5) is 24.7. The van der Waals surface area contributed by atoms with E-state index in [0.717, 1.165) is 12.1 Å². The summed E-state index contributed by atoms with van der Waals surface area (Å²) in [6.07, 6.45) is 1.42. The highest BCUT2D eigenvalue weighted by Crippen LogP contribution is 2.18. The quantitative estimate of drug-likeness (QED) is 0.787. The lowest BCUT2D eigenvalue weighted by molar-refractivity contribution is 0.0685. The molecule has 9 heteroatoms. The largest absolute Gasteiger partial charge is 0.478 e. The third-order valence-electron chi connectivity index (χ3n) is 4.05. The van der Waals surface area contributed by atoms with Gasteiger partial charge in [0.1, 0.15) is 5.82 Å². The van der Waals surface area contributed by atoms with Gasteiger partial charge in [0.05, 0.1) is 16.9 Å². The van der Waals surface area contributed by atoms with Gasteiger partial charge in [0.25, 0.3) is 5.91 Å². The van der Waals surface area contributed by atoms with Gasteiger partial charge in [0.15, 0.2) is 0 Å². The first-order valence-corrected chi connectivity index (χ1v) is 9.71. The molecule has 25 heavy (non-hydrogen) atoms. The van der Waals surface area contributed by atoms with Crippen molar-refractivity contribution in [3.63, 3.8) is 0 Å². The predicted molar refractivity (Wildman–Crippen MR) is 89.5 cm³/mol. The number of benzene rings is 1. The fraction of sp³-hybridized carbons (Fsp3) is 0.500. The number of nitrogens with one attached hydrogen (secondary N) is 1. The second-order valence-electron chi connectivity index (χ2n) is 6.00. The Labute approximate surface area is 145 Å².